The number of thioether (sulfide) groups is 1. The number of rotatable bonds is 8. The lowest BCUT2D eigenvalue weighted by atomic mass is 9.97. The highest BCUT2D eigenvalue weighted by Crippen LogP contribution is 2.44. The molecule has 1 fully saturated rings. The van der Waals surface area contributed by atoms with Gasteiger partial charge in [-0.1, -0.05) is 11.8 Å². The van der Waals surface area contributed by atoms with Crippen molar-refractivity contribution in [3.8, 4) is 11.5 Å². The standard InChI is InChI=1S/C25H32N4O3S2/c1-4-31-19-15-18(29-10-12-30-13-11-29)20(32-5-2)14-17(19)26-23-22-16-8-6-7-9-21(16)34-24(22)28-25(27-23)33-3/h14-15H,4-13H2,1-3H3,(H,26,27,28). The molecular formula is C25H32N4O3S2. The van der Waals surface area contributed by atoms with Crippen molar-refractivity contribution < 1.29 is 14.2 Å². The third kappa shape index (κ3) is 4.65. The first-order chi connectivity index (χ1) is 16.7. The highest BCUT2D eigenvalue weighted by molar-refractivity contribution is 7.98. The van der Waals surface area contributed by atoms with Crippen molar-refractivity contribution in [1.82, 2.24) is 9.97 Å². The van der Waals surface area contributed by atoms with Crippen molar-refractivity contribution in [2.24, 2.45) is 0 Å². The second kappa shape index (κ2) is 10.6. The summed E-state index contributed by atoms with van der Waals surface area (Å²) in [5.41, 5.74) is 3.32. The predicted octanol–water partition coefficient (Wildman–Crippen LogP) is 5.67. The summed E-state index contributed by atoms with van der Waals surface area (Å²) in [6, 6.07) is 4.16. The van der Waals surface area contributed by atoms with Gasteiger partial charge in [-0.15, -0.1) is 11.3 Å². The van der Waals surface area contributed by atoms with Gasteiger partial charge in [-0.2, -0.15) is 0 Å². The second-order valence-corrected chi connectivity index (χ2v) is 10.2. The van der Waals surface area contributed by atoms with E-state index in [4.69, 9.17) is 24.2 Å². The number of benzene rings is 1. The Morgan fingerprint density at radius 1 is 1.06 bits per heavy atom. The quantitative estimate of drug-likeness (QED) is 0.313. The van der Waals surface area contributed by atoms with E-state index in [9.17, 15) is 0 Å². The van der Waals surface area contributed by atoms with Gasteiger partial charge in [-0.25, -0.2) is 9.97 Å². The number of hydrogen-bond donors (Lipinski definition) is 1. The lowest BCUT2D eigenvalue weighted by Gasteiger charge is -2.31. The SMILES string of the molecule is CCOc1cc(N2CCOCC2)c(OCC)cc1Nc1nc(SC)nc2sc3c(c12)CCCC3. The largest absolute Gasteiger partial charge is 0.492 e. The molecular weight excluding hydrogens is 468 g/mol. The molecule has 1 saturated heterocycles. The third-order valence-electron chi connectivity index (χ3n) is 6.24. The Hall–Kier alpha value is -2.23. The summed E-state index contributed by atoms with van der Waals surface area (Å²) in [7, 11) is 0. The van der Waals surface area contributed by atoms with Crippen molar-refractivity contribution in [2.75, 3.05) is 56.0 Å². The van der Waals surface area contributed by atoms with Crippen LogP contribution in [0.1, 0.15) is 37.1 Å². The van der Waals surface area contributed by atoms with E-state index in [-0.39, 0.29) is 0 Å². The Bertz CT molecular complexity index is 1160. The maximum absolute atomic E-state index is 6.11. The van der Waals surface area contributed by atoms with Gasteiger partial charge in [0, 0.05) is 30.1 Å². The van der Waals surface area contributed by atoms with Gasteiger partial charge in [-0.3, -0.25) is 0 Å². The molecule has 0 unspecified atom stereocenters. The molecule has 0 spiro atoms. The normalized spacial score (nSPS) is 15.9. The average Bonchev–Trinajstić information content (AvgIpc) is 3.25. The van der Waals surface area contributed by atoms with Crippen LogP contribution in [0.15, 0.2) is 17.3 Å². The molecule has 34 heavy (non-hydrogen) atoms. The summed E-state index contributed by atoms with van der Waals surface area (Å²) in [6.45, 7) is 8.31. The van der Waals surface area contributed by atoms with Crippen LogP contribution in [0.25, 0.3) is 10.2 Å². The molecule has 0 bridgehead atoms. The number of fused-ring (bicyclic) bond motifs is 3. The Balaban J connectivity index is 1.61. The molecule has 0 amide bonds. The number of aryl methyl sites for hydroxylation is 2. The van der Waals surface area contributed by atoms with Gasteiger partial charge in [-0.05, 0) is 51.3 Å². The van der Waals surface area contributed by atoms with Gasteiger partial charge >= 0.3 is 0 Å². The smallest absolute Gasteiger partial charge is 0.190 e. The minimum absolute atomic E-state index is 0.578. The number of nitrogens with one attached hydrogen (secondary N) is 1. The molecule has 7 nitrogen and oxygen atoms in total. The fourth-order valence-corrected chi connectivity index (χ4v) is 6.38. The third-order valence-corrected chi connectivity index (χ3v) is 7.98. The molecule has 3 aromatic rings. The van der Waals surface area contributed by atoms with E-state index in [1.165, 1.54) is 23.3 Å². The Morgan fingerprint density at radius 3 is 2.59 bits per heavy atom. The first-order valence-electron chi connectivity index (χ1n) is 12.1. The number of anilines is 3. The first kappa shape index (κ1) is 23.5. The monoisotopic (exact) mass is 500 g/mol. The van der Waals surface area contributed by atoms with Gasteiger partial charge in [0.25, 0.3) is 0 Å². The van der Waals surface area contributed by atoms with Crippen LogP contribution < -0.4 is 19.7 Å². The molecule has 9 heteroatoms. The molecule has 1 aromatic carbocycles. The van der Waals surface area contributed by atoms with Crippen molar-refractivity contribution >= 4 is 50.5 Å². The zero-order valence-electron chi connectivity index (χ0n) is 20.1. The maximum Gasteiger partial charge on any atom is 0.190 e. The minimum atomic E-state index is 0.578. The number of thiophene rings is 1. The van der Waals surface area contributed by atoms with E-state index in [1.54, 1.807) is 11.8 Å². The zero-order chi connectivity index (χ0) is 23.5. The Labute approximate surface area is 209 Å². The van der Waals surface area contributed by atoms with E-state index in [0.717, 1.165) is 83.2 Å². The highest BCUT2D eigenvalue weighted by Gasteiger charge is 2.24. The molecule has 1 aliphatic heterocycles. The molecule has 3 heterocycles. The lowest BCUT2D eigenvalue weighted by molar-refractivity contribution is 0.122. The van der Waals surface area contributed by atoms with Crippen molar-refractivity contribution in [1.29, 1.82) is 0 Å². The van der Waals surface area contributed by atoms with Crippen LogP contribution in [0.2, 0.25) is 0 Å². The van der Waals surface area contributed by atoms with Crippen LogP contribution in [0.3, 0.4) is 0 Å². The van der Waals surface area contributed by atoms with E-state index in [0.29, 0.717) is 13.2 Å². The van der Waals surface area contributed by atoms with Gasteiger partial charge in [0.05, 0.1) is 43.2 Å². The van der Waals surface area contributed by atoms with Gasteiger partial charge in [0.15, 0.2) is 5.16 Å². The molecule has 2 aromatic heterocycles. The highest BCUT2D eigenvalue weighted by atomic mass is 32.2. The number of aromatic nitrogens is 2. The van der Waals surface area contributed by atoms with E-state index < -0.39 is 0 Å². The maximum atomic E-state index is 6.11. The second-order valence-electron chi connectivity index (χ2n) is 8.36. The van der Waals surface area contributed by atoms with Crippen LogP contribution in [0, 0.1) is 0 Å². The van der Waals surface area contributed by atoms with Crippen LogP contribution in [-0.4, -0.2) is 55.7 Å². The molecule has 182 valence electrons. The summed E-state index contributed by atoms with van der Waals surface area (Å²) in [5.74, 6) is 2.50. The Morgan fingerprint density at radius 2 is 1.82 bits per heavy atom. The fraction of sp³-hybridized carbons (Fsp3) is 0.520. The summed E-state index contributed by atoms with van der Waals surface area (Å²) < 4.78 is 17.8. The van der Waals surface area contributed by atoms with Crippen LogP contribution in [-0.2, 0) is 17.6 Å². The van der Waals surface area contributed by atoms with E-state index in [1.807, 2.05) is 31.4 Å². The van der Waals surface area contributed by atoms with Crippen LogP contribution >= 0.6 is 23.1 Å². The molecule has 5 rings (SSSR count). The molecule has 0 saturated carbocycles. The van der Waals surface area contributed by atoms with Crippen molar-refractivity contribution in [2.45, 2.75) is 44.7 Å². The molecule has 1 N–H and O–H groups in total. The number of morpholine rings is 1. The number of ether oxygens (including phenoxy) is 3. The summed E-state index contributed by atoms with van der Waals surface area (Å²) in [4.78, 5) is 14.6. The molecule has 1 aliphatic carbocycles. The minimum Gasteiger partial charge on any atom is -0.492 e. The van der Waals surface area contributed by atoms with Crippen molar-refractivity contribution in [3.63, 3.8) is 0 Å². The summed E-state index contributed by atoms with van der Waals surface area (Å²) >= 11 is 3.39. The topological polar surface area (TPSA) is 68.7 Å². The molecule has 2 aliphatic rings. The van der Waals surface area contributed by atoms with Gasteiger partial charge in [0.1, 0.15) is 22.1 Å². The zero-order valence-corrected chi connectivity index (χ0v) is 21.7. The average molecular weight is 501 g/mol. The molecule has 0 radical (unpaired) electrons. The molecule has 0 atom stereocenters. The van der Waals surface area contributed by atoms with E-state index in [2.05, 4.69) is 22.3 Å². The van der Waals surface area contributed by atoms with Crippen LogP contribution in [0.4, 0.5) is 17.2 Å². The Kier molecular flexibility index (Phi) is 7.32. The lowest BCUT2D eigenvalue weighted by Crippen LogP contribution is -2.36. The fourth-order valence-electron chi connectivity index (χ4n) is 4.69. The number of nitrogens with zero attached hydrogens (tertiary/aromatic N) is 3. The van der Waals surface area contributed by atoms with Crippen molar-refractivity contribution in [3.05, 3.63) is 22.6 Å². The number of hydrogen-bond acceptors (Lipinski definition) is 9. The summed E-state index contributed by atoms with van der Waals surface area (Å²) in [5, 5.41) is 5.58. The first-order valence-corrected chi connectivity index (χ1v) is 14.2. The van der Waals surface area contributed by atoms with Gasteiger partial charge < -0.3 is 24.4 Å². The van der Waals surface area contributed by atoms with E-state index >= 15 is 0 Å². The van der Waals surface area contributed by atoms with Crippen LogP contribution in [0.5, 0.6) is 11.5 Å². The van der Waals surface area contributed by atoms with Gasteiger partial charge in [0.2, 0.25) is 0 Å². The summed E-state index contributed by atoms with van der Waals surface area (Å²) in [6.07, 6.45) is 6.71. The predicted molar refractivity (Wildman–Crippen MR) is 141 cm³/mol.